The molecule has 2 aromatic rings. The monoisotopic (exact) mass is 296 g/mol. The van der Waals surface area contributed by atoms with E-state index < -0.39 is 5.97 Å². The minimum atomic E-state index is -1.02. The summed E-state index contributed by atoms with van der Waals surface area (Å²) in [5.41, 5.74) is 1.62. The molecule has 0 fully saturated rings. The lowest BCUT2D eigenvalue weighted by molar-refractivity contribution is 0.0696. The number of aromatic nitrogens is 1. The van der Waals surface area contributed by atoms with Crippen molar-refractivity contribution in [1.29, 1.82) is 0 Å². The smallest absolute Gasteiger partial charge is 0.337 e. The number of anilines is 2. The predicted molar refractivity (Wildman–Crippen MR) is 75.7 cm³/mol. The third-order valence-electron chi connectivity index (χ3n) is 2.52. The molecule has 0 unspecified atom stereocenters. The van der Waals surface area contributed by atoms with Gasteiger partial charge in [-0.1, -0.05) is 23.2 Å². The van der Waals surface area contributed by atoms with Gasteiger partial charge in [-0.05, 0) is 36.8 Å². The number of carboxylic acid groups (broad SMARTS) is 1. The van der Waals surface area contributed by atoms with Crippen LogP contribution in [0.3, 0.4) is 0 Å². The van der Waals surface area contributed by atoms with E-state index in [1.807, 2.05) is 6.92 Å². The molecule has 0 radical (unpaired) electrons. The number of nitrogens with one attached hydrogen (secondary N) is 1. The number of rotatable bonds is 3. The number of nitrogens with zero attached hydrogens (tertiary/aromatic N) is 1. The Balaban J connectivity index is 2.26. The van der Waals surface area contributed by atoms with Crippen molar-refractivity contribution in [2.45, 2.75) is 6.92 Å². The van der Waals surface area contributed by atoms with Gasteiger partial charge < -0.3 is 10.4 Å². The molecule has 0 amide bonds. The fourth-order valence-electron chi connectivity index (χ4n) is 1.47. The molecule has 2 rings (SSSR count). The second kappa shape index (κ2) is 5.47. The van der Waals surface area contributed by atoms with Crippen molar-refractivity contribution in [3.63, 3.8) is 0 Å². The van der Waals surface area contributed by atoms with Crippen molar-refractivity contribution in [2.75, 3.05) is 5.32 Å². The van der Waals surface area contributed by atoms with Gasteiger partial charge in [0.1, 0.15) is 5.82 Å². The Labute approximate surface area is 120 Å². The summed E-state index contributed by atoms with van der Waals surface area (Å²) in [6.45, 7) is 1.86. The zero-order valence-electron chi connectivity index (χ0n) is 9.95. The van der Waals surface area contributed by atoms with Gasteiger partial charge in [-0.15, -0.1) is 0 Å². The fraction of sp³-hybridized carbons (Fsp3) is 0.0769. The topological polar surface area (TPSA) is 62.2 Å². The molecule has 0 saturated heterocycles. The molecule has 0 bridgehead atoms. The van der Waals surface area contributed by atoms with Crippen LogP contribution in [0.4, 0.5) is 11.5 Å². The van der Waals surface area contributed by atoms with Crippen LogP contribution < -0.4 is 5.32 Å². The van der Waals surface area contributed by atoms with Crippen molar-refractivity contribution in [1.82, 2.24) is 4.98 Å². The fourth-order valence-corrected chi connectivity index (χ4v) is 1.90. The normalized spacial score (nSPS) is 10.3. The van der Waals surface area contributed by atoms with Gasteiger partial charge in [0.05, 0.1) is 16.3 Å². The first-order valence-electron chi connectivity index (χ1n) is 5.39. The zero-order valence-corrected chi connectivity index (χ0v) is 11.5. The molecule has 0 aliphatic heterocycles. The summed E-state index contributed by atoms with van der Waals surface area (Å²) in [7, 11) is 0. The van der Waals surface area contributed by atoms with Gasteiger partial charge in [-0.3, -0.25) is 0 Å². The first kappa shape index (κ1) is 13.6. The van der Waals surface area contributed by atoms with Crippen molar-refractivity contribution < 1.29 is 9.90 Å². The highest BCUT2D eigenvalue weighted by atomic mass is 35.5. The Morgan fingerprint density at radius 1 is 1.26 bits per heavy atom. The van der Waals surface area contributed by atoms with E-state index in [9.17, 15) is 4.79 Å². The molecule has 1 aromatic carbocycles. The number of hydrogen-bond acceptors (Lipinski definition) is 3. The van der Waals surface area contributed by atoms with Gasteiger partial charge in [0.25, 0.3) is 0 Å². The second-order valence-corrected chi connectivity index (χ2v) is 4.76. The maximum atomic E-state index is 10.7. The molecule has 0 spiro atoms. The Hall–Kier alpha value is -1.78. The molecule has 1 heterocycles. The maximum absolute atomic E-state index is 10.7. The summed E-state index contributed by atoms with van der Waals surface area (Å²) < 4.78 is 0. The average molecular weight is 297 g/mol. The van der Waals surface area contributed by atoms with Gasteiger partial charge in [-0.25, -0.2) is 9.78 Å². The van der Waals surface area contributed by atoms with E-state index in [1.165, 1.54) is 12.3 Å². The highest BCUT2D eigenvalue weighted by Gasteiger charge is 2.07. The SMILES string of the molecule is Cc1cc(Cl)c(Nc2ccc(C(=O)O)cn2)cc1Cl. The Kier molecular flexibility index (Phi) is 3.93. The molecule has 1 aromatic heterocycles. The lowest BCUT2D eigenvalue weighted by Gasteiger charge is -2.09. The molecule has 0 aliphatic carbocycles. The van der Waals surface area contributed by atoms with Crippen LogP contribution in [-0.2, 0) is 0 Å². The quantitative estimate of drug-likeness (QED) is 0.893. The molecule has 6 heteroatoms. The molecular formula is C13H10Cl2N2O2. The summed E-state index contributed by atoms with van der Waals surface area (Å²) in [4.78, 5) is 14.7. The molecule has 0 atom stereocenters. The molecule has 0 saturated carbocycles. The summed E-state index contributed by atoms with van der Waals surface area (Å²) >= 11 is 12.1. The van der Waals surface area contributed by atoms with E-state index in [-0.39, 0.29) is 5.56 Å². The third-order valence-corrected chi connectivity index (χ3v) is 3.24. The van der Waals surface area contributed by atoms with Gasteiger partial charge in [-0.2, -0.15) is 0 Å². The number of benzene rings is 1. The summed E-state index contributed by atoms with van der Waals surface area (Å²) in [5, 5.41) is 12.9. The highest BCUT2D eigenvalue weighted by Crippen LogP contribution is 2.30. The minimum Gasteiger partial charge on any atom is -0.478 e. The molecule has 19 heavy (non-hydrogen) atoms. The van der Waals surface area contributed by atoms with Gasteiger partial charge in [0.15, 0.2) is 0 Å². The first-order valence-corrected chi connectivity index (χ1v) is 6.15. The summed E-state index contributed by atoms with van der Waals surface area (Å²) in [6, 6.07) is 6.47. The van der Waals surface area contributed by atoms with Crippen LogP contribution in [-0.4, -0.2) is 16.1 Å². The van der Waals surface area contributed by atoms with Crippen LogP contribution in [0.15, 0.2) is 30.5 Å². The Morgan fingerprint density at radius 2 is 2.00 bits per heavy atom. The largest absolute Gasteiger partial charge is 0.478 e. The van der Waals surface area contributed by atoms with Crippen molar-refractivity contribution in [2.24, 2.45) is 0 Å². The molecule has 4 nitrogen and oxygen atoms in total. The van der Waals surface area contributed by atoms with E-state index in [4.69, 9.17) is 28.3 Å². The number of carboxylic acids is 1. The van der Waals surface area contributed by atoms with Crippen LogP contribution >= 0.6 is 23.2 Å². The Bertz CT molecular complexity index is 627. The average Bonchev–Trinajstić information content (AvgIpc) is 2.36. The van der Waals surface area contributed by atoms with Crippen LogP contribution in [0.1, 0.15) is 15.9 Å². The number of pyridine rings is 1. The van der Waals surface area contributed by atoms with Crippen molar-refractivity contribution >= 4 is 40.7 Å². The molecule has 0 aliphatic rings. The minimum absolute atomic E-state index is 0.124. The van der Waals surface area contributed by atoms with Gasteiger partial charge >= 0.3 is 5.97 Å². The second-order valence-electron chi connectivity index (χ2n) is 3.94. The Morgan fingerprint density at radius 3 is 2.58 bits per heavy atom. The van der Waals surface area contributed by atoms with Crippen LogP contribution in [0, 0.1) is 6.92 Å². The lowest BCUT2D eigenvalue weighted by Crippen LogP contribution is -1.99. The third kappa shape index (κ3) is 3.16. The number of hydrogen-bond donors (Lipinski definition) is 2. The highest BCUT2D eigenvalue weighted by molar-refractivity contribution is 6.35. The lowest BCUT2D eigenvalue weighted by atomic mass is 10.2. The van der Waals surface area contributed by atoms with E-state index in [0.29, 0.717) is 21.6 Å². The van der Waals surface area contributed by atoms with E-state index in [1.54, 1.807) is 18.2 Å². The summed E-state index contributed by atoms with van der Waals surface area (Å²) in [6.07, 6.45) is 1.27. The molecule has 98 valence electrons. The maximum Gasteiger partial charge on any atom is 0.337 e. The van der Waals surface area contributed by atoms with Crippen molar-refractivity contribution in [3.05, 3.63) is 51.6 Å². The number of carbonyl (C=O) groups is 1. The standard InChI is InChI=1S/C13H10Cl2N2O2/c1-7-4-10(15)11(5-9(7)14)17-12-3-2-8(6-16-12)13(18)19/h2-6H,1H3,(H,16,17)(H,18,19). The van der Waals surface area contributed by atoms with Crippen LogP contribution in [0.25, 0.3) is 0 Å². The predicted octanol–water partition coefficient (Wildman–Crippen LogP) is 4.14. The number of aryl methyl sites for hydroxylation is 1. The van der Waals surface area contributed by atoms with E-state index in [0.717, 1.165) is 5.56 Å². The summed E-state index contributed by atoms with van der Waals surface area (Å²) in [5.74, 6) is -0.526. The van der Waals surface area contributed by atoms with Gasteiger partial charge in [0.2, 0.25) is 0 Å². The number of aromatic carboxylic acids is 1. The van der Waals surface area contributed by atoms with Crippen LogP contribution in [0.5, 0.6) is 0 Å². The van der Waals surface area contributed by atoms with Crippen molar-refractivity contribution in [3.8, 4) is 0 Å². The molecule has 2 N–H and O–H groups in total. The zero-order chi connectivity index (χ0) is 14.0. The first-order chi connectivity index (χ1) is 8.97. The van der Waals surface area contributed by atoms with Gasteiger partial charge in [0, 0.05) is 11.2 Å². The molecular weight excluding hydrogens is 287 g/mol. The van der Waals surface area contributed by atoms with E-state index >= 15 is 0 Å². The van der Waals surface area contributed by atoms with E-state index in [2.05, 4.69) is 10.3 Å². The number of halogens is 2. The van der Waals surface area contributed by atoms with Crippen LogP contribution in [0.2, 0.25) is 10.0 Å².